The fourth-order valence-corrected chi connectivity index (χ4v) is 1.75. The number of anilines is 1. The number of oxazole rings is 1. The smallest absolute Gasteiger partial charge is 0.238 e. The Kier molecular flexibility index (Phi) is 4.53. The number of rotatable bonds is 5. The minimum atomic E-state index is -0.104. The molecule has 2 rings (SSSR count). The third kappa shape index (κ3) is 3.93. The van der Waals surface area contributed by atoms with Crippen LogP contribution in [0, 0.1) is 13.8 Å². The zero-order valence-electron chi connectivity index (χ0n) is 11.9. The number of hydrogen-bond acceptors (Lipinski definition) is 4. The summed E-state index contributed by atoms with van der Waals surface area (Å²) in [7, 11) is 0. The van der Waals surface area contributed by atoms with Crippen LogP contribution in [0.1, 0.15) is 30.2 Å². The molecule has 0 aliphatic heterocycles. The van der Waals surface area contributed by atoms with Gasteiger partial charge in [0.15, 0.2) is 0 Å². The van der Waals surface area contributed by atoms with Crippen LogP contribution < -0.4 is 10.6 Å². The van der Waals surface area contributed by atoms with E-state index in [1.807, 2.05) is 45.0 Å². The highest BCUT2D eigenvalue weighted by atomic mass is 16.4. The summed E-state index contributed by atoms with van der Waals surface area (Å²) in [6, 6.07) is 7.58. The van der Waals surface area contributed by atoms with Crippen molar-refractivity contribution >= 4 is 11.6 Å². The van der Waals surface area contributed by atoms with Gasteiger partial charge in [-0.2, -0.15) is 0 Å². The second-order valence-electron chi connectivity index (χ2n) is 4.83. The van der Waals surface area contributed by atoms with E-state index in [-0.39, 0.29) is 18.5 Å². The average molecular weight is 273 g/mol. The quantitative estimate of drug-likeness (QED) is 0.878. The van der Waals surface area contributed by atoms with Crippen molar-refractivity contribution in [2.24, 2.45) is 0 Å². The van der Waals surface area contributed by atoms with Crippen molar-refractivity contribution < 1.29 is 9.21 Å². The van der Waals surface area contributed by atoms with Gasteiger partial charge in [0.25, 0.3) is 0 Å². The van der Waals surface area contributed by atoms with Crippen LogP contribution in [0.15, 0.2) is 34.9 Å². The van der Waals surface area contributed by atoms with Gasteiger partial charge in [-0.1, -0.05) is 17.7 Å². The molecule has 0 spiro atoms. The standard InChI is InChI=1S/C15H19N3O2/c1-10-4-6-13(7-5-10)18-14(19)9-16-12(3)15-17-8-11(2)20-15/h4-8,12,16H,9H2,1-3H3,(H,18,19). The number of aryl methyl sites for hydroxylation is 2. The maximum atomic E-state index is 11.8. The van der Waals surface area contributed by atoms with E-state index >= 15 is 0 Å². The molecule has 20 heavy (non-hydrogen) atoms. The van der Waals surface area contributed by atoms with E-state index in [0.29, 0.717) is 5.89 Å². The molecule has 2 N–H and O–H groups in total. The van der Waals surface area contributed by atoms with Crippen LogP contribution in [0.2, 0.25) is 0 Å². The second kappa shape index (κ2) is 6.34. The Labute approximate surface area is 118 Å². The predicted molar refractivity (Wildman–Crippen MR) is 77.5 cm³/mol. The number of amides is 1. The Morgan fingerprint density at radius 3 is 2.60 bits per heavy atom. The van der Waals surface area contributed by atoms with Crippen LogP contribution >= 0.6 is 0 Å². The Bertz CT molecular complexity index is 575. The SMILES string of the molecule is Cc1ccc(NC(=O)CNC(C)c2ncc(C)o2)cc1. The first-order valence-corrected chi connectivity index (χ1v) is 6.57. The van der Waals surface area contributed by atoms with E-state index in [9.17, 15) is 4.79 Å². The van der Waals surface area contributed by atoms with Crippen molar-refractivity contribution in [3.05, 3.63) is 47.7 Å². The van der Waals surface area contributed by atoms with E-state index in [0.717, 1.165) is 17.0 Å². The maximum absolute atomic E-state index is 11.8. The largest absolute Gasteiger partial charge is 0.444 e. The zero-order valence-corrected chi connectivity index (χ0v) is 11.9. The van der Waals surface area contributed by atoms with Crippen molar-refractivity contribution in [2.75, 3.05) is 11.9 Å². The van der Waals surface area contributed by atoms with E-state index in [1.54, 1.807) is 6.20 Å². The van der Waals surface area contributed by atoms with Gasteiger partial charge >= 0.3 is 0 Å². The van der Waals surface area contributed by atoms with Crippen molar-refractivity contribution in [3.8, 4) is 0 Å². The summed E-state index contributed by atoms with van der Waals surface area (Å²) in [5.74, 6) is 1.26. The molecule has 0 aliphatic carbocycles. The number of carbonyl (C=O) groups is 1. The molecule has 106 valence electrons. The monoisotopic (exact) mass is 273 g/mol. The topological polar surface area (TPSA) is 67.2 Å². The van der Waals surface area contributed by atoms with Crippen LogP contribution in [0.4, 0.5) is 5.69 Å². The van der Waals surface area contributed by atoms with Gasteiger partial charge in [0.2, 0.25) is 11.8 Å². The maximum Gasteiger partial charge on any atom is 0.238 e. The molecule has 1 aromatic carbocycles. The molecule has 1 heterocycles. The van der Waals surface area contributed by atoms with Crippen LogP contribution in [-0.2, 0) is 4.79 Å². The normalized spacial score (nSPS) is 12.2. The van der Waals surface area contributed by atoms with Crippen LogP contribution in [0.5, 0.6) is 0 Å². The van der Waals surface area contributed by atoms with Gasteiger partial charge in [0.1, 0.15) is 5.76 Å². The Morgan fingerprint density at radius 1 is 1.30 bits per heavy atom. The molecule has 2 aromatic rings. The van der Waals surface area contributed by atoms with Gasteiger partial charge in [0.05, 0.1) is 18.8 Å². The van der Waals surface area contributed by atoms with Crippen LogP contribution in [0.25, 0.3) is 0 Å². The van der Waals surface area contributed by atoms with Gasteiger partial charge in [-0.15, -0.1) is 0 Å². The number of nitrogens with zero attached hydrogens (tertiary/aromatic N) is 1. The molecular weight excluding hydrogens is 254 g/mol. The lowest BCUT2D eigenvalue weighted by molar-refractivity contribution is -0.115. The summed E-state index contributed by atoms with van der Waals surface area (Å²) in [5, 5.41) is 5.90. The third-order valence-corrected chi connectivity index (χ3v) is 2.91. The third-order valence-electron chi connectivity index (χ3n) is 2.91. The van der Waals surface area contributed by atoms with Gasteiger partial charge in [-0.3, -0.25) is 10.1 Å². The molecule has 0 fully saturated rings. The molecule has 0 saturated heterocycles. The van der Waals surface area contributed by atoms with E-state index in [2.05, 4.69) is 15.6 Å². The summed E-state index contributed by atoms with van der Waals surface area (Å²) in [6.07, 6.45) is 1.67. The highest BCUT2D eigenvalue weighted by Gasteiger charge is 2.12. The summed E-state index contributed by atoms with van der Waals surface area (Å²) in [6.45, 7) is 5.96. The molecule has 0 radical (unpaired) electrons. The number of nitrogens with one attached hydrogen (secondary N) is 2. The number of benzene rings is 1. The number of aromatic nitrogens is 1. The first-order valence-electron chi connectivity index (χ1n) is 6.57. The lowest BCUT2D eigenvalue weighted by atomic mass is 10.2. The average Bonchev–Trinajstić information content (AvgIpc) is 2.85. The molecular formula is C15H19N3O2. The first kappa shape index (κ1) is 14.3. The molecule has 0 saturated carbocycles. The summed E-state index contributed by atoms with van der Waals surface area (Å²) < 4.78 is 5.40. The Balaban J connectivity index is 1.81. The lowest BCUT2D eigenvalue weighted by Gasteiger charge is -2.10. The summed E-state index contributed by atoms with van der Waals surface area (Å²) >= 11 is 0. The van der Waals surface area contributed by atoms with Crippen molar-refractivity contribution in [2.45, 2.75) is 26.8 Å². The van der Waals surface area contributed by atoms with Crippen molar-refractivity contribution in [3.63, 3.8) is 0 Å². The molecule has 5 nitrogen and oxygen atoms in total. The summed E-state index contributed by atoms with van der Waals surface area (Å²) in [5.41, 5.74) is 1.95. The molecule has 5 heteroatoms. The minimum absolute atomic E-state index is 0.0935. The van der Waals surface area contributed by atoms with Gasteiger partial charge < -0.3 is 9.73 Å². The van der Waals surface area contributed by atoms with Crippen molar-refractivity contribution in [1.29, 1.82) is 0 Å². The van der Waals surface area contributed by atoms with Crippen molar-refractivity contribution in [1.82, 2.24) is 10.3 Å². The summed E-state index contributed by atoms with van der Waals surface area (Å²) in [4.78, 5) is 15.9. The highest BCUT2D eigenvalue weighted by Crippen LogP contribution is 2.12. The molecule has 1 atom stereocenters. The molecule has 1 unspecified atom stereocenters. The van der Waals surface area contributed by atoms with Gasteiger partial charge in [0, 0.05) is 5.69 Å². The predicted octanol–water partition coefficient (Wildman–Crippen LogP) is 2.58. The van der Waals surface area contributed by atoms with Gasteiger partial charge in [-0.05, 0) is 32.9 Å². The van der Waals surface area contributed by atoms with E-state index in [4.69, 9.17) is 4.42 Å². The molecule has 1 aromatic heterocycles. The lowest BCUT2D eigenvalue weighted by Crippen LogP contribution is -2.30. The zero-order chi connectivity index (χ0) is 14.5. The van der Waals surface area contributed by atoms with E-state index in [1.165, 1.54) is 0 Å². The molecule has 1 amide bonds. The Hall–Kier alpha value is -2.14. The van der Waals surface area contributed by atoms with E-state index < -0.39 is 0 Å². The Morgan fingerprint density at radius 2 is 2.00 bits per heavy atom. The second-order valence-corrected chi connectivity index (χ2v) is 4.83. The van der Waals surface area contributed by atoms with Crippen LogP contribution in [0.3, 0.4) is 0 Å². The van der Waals surface area contributed by atoms with Gasteiger partial charge in [-0.25, -0.2) is 4.98 Å². The highest BCUT2D eigenvalue weighted by molar-refractivity contribution is 5.92. The van der Waals surface area contributed by atoms with Crippen LogP contribution in [-0.4, -0.2) is 17.4 Å². The first-order chi connectivity index (χ1) is 9.54. The number of carbonyl (C=O) groups excluding carboxylic acids is 1. The fourth-order valence-electron chi connectivity index (χ4n) is 1.75. The molecule has 0 bridgehead atoms. The minimum Gasteiger partial charge on any atom is -0.444 e. The molecule has 0 aliphatic rings. The fraction of sp³-hybridized carbons (Fsp3) is 0.333. The number of hydrogen-bond donors (Lipinski definition) is 2.